The highest BCUT2D eigenvalue weighted by Gasteiger charge is 2.37. The number of piperidine rings is 1. The summed E-state index contributed by atoms with van der Waals surface area (Å²) in [4.78, 5) is 17.2. The molecule has 0 aliphatic carbocycles. The third-order valence-electron chi connectivity index (χ3n) is 5.79. The van der Waals surface area contributed by atoms with E-state index in [0.29, 0.717) is 24.4 Å². The Morgan fingerprint density at radius 2 is 1.92 bits per heavy atom. The van der Waals surface area contributed by atoms with Crippen molar-refractivity contribution in [3.05, 3.63) is 29.3 Å². The number of ether oxygens (including phenoxy) is 1. The van der Waals surface area contributed by atoms with E-state index in [0.717, 1.165) is 38.0 Å². The summed E-state index contributed by atoms with van der Waals surface area (Å²) in [6, 6.07) is 5.62. The predicted octanol–water partition coefficient (Wildman–Crippen LogP) is 1.14. The smallest absolute Gasteiger partial charge is 0.257 e. The summed E-state index contributed by atoms with van der Waals surface area (Å²) in [6.07, 6.45) is 1.43. The number of amides is 1. The van der Waals surface area contributed by atoms with E-state index in [9.17, 15) is 15.0 Å². The Hall–Kier alpha value is -1.63. The van der Waals surface area contributed by atoms with Crippen molar-refractivity contribution in [1.82, 2.24) is 9.80 Å². The topological polar surface area (TPSA) is 73.2 Å². The van der Waals surface area contributed by atoms with Gasteiger partial charge in [0.25, 0.3) is 5.91 Å². The highest BCUT2D eigenvalue weighted by atomic mass is 16.5. The molecule has 0 bridgehead atoms. The number of nitrogens with zero attached hydrogens (tertiary/aromatic N) is 2. The van der Waals surface area contributed by atoms with Gasteiger partial charge < -0.3 is 24.7 Å². The minimum Gasteiger partial charge on any atom is -0.496 e. The molecule has 3 rings (SSSR count). The first-order chi connectivity index (χ1) is 12.5. The molecule has 26 heavy (non-hydrogen) atoms. The second-order valence-corrected chi connectivity index (χ2v) is 7.60. The number of likely N-dealkylation sites (tertiary alicyclic amines) is 2. The fourth-order valence-corrected chi connectivity index (χ4v) is 4.21. The number of rotatable bonds is 5. The van der Waals surface area contributed by atoms with Crippen LogP contribution >= 0.6 is 0 Å². The number of aliphatic hydroxyl groups excluding tert-OH is 2. The van der Waals surface area contributed by atoms with Gasteiger partial charge in [-0.15, -0.1) is 0 Å². The van der Waals surface area contributed by atoms with Crippen LogP contribution in [-0.2, 0) is 0 Å². The van der Waals surface area contributed by atoms with Gasteiger partial charge in [-0.1, -0.05) is 12.1 Å². The zero-order valence-electron chi connectivity index (χ0n) is 15.7. The normalized spacial score (nSPS) is 24.8. The Morgan fingerprint density at radius 3 is 2.58 bits per heavy atom. The van der Waals surface area contributed by atoms with Gasteiger partial charge in [-0.3, -0.25) is 4.79 Å². The van der Waals surface area contributed by atoms with Crippen molar-refractivity contribution >= 4 is 5.91 Å². The molecule has 6 nitrogen and oxygen atoms in total. The van der Waals surface area contributed by atoms with Crippen LogP contribution < -0.4 is 4.74 Å². The molecule has 2 atom stereocenters. The van der Waals surface area contributed by atoms with Crippen molar-refractivity contribution in [2.75, 3.05) is 46.4 Å². The van der Waals surface area contributed by atoms with Crippen molar-refractivity contribution < 1.29 is 19.7 Å². The van der Waals surface area contributed by atoms with E-state index in [1.54, 1.807) is 7.11 Å². The first kappa shape index (κ1) is 19.1. The maximum atomic E-state index is 13.0. The summed E-state index contributed by atoms with van der Waals surface area (Å²) in [5, 5.41) is 19.5. The van der Waals surface area contributed by atoms with Crippen LogP contribution in [0.5, 0.6) is 5.75 Å². The molecule has 2 heterocycles. The van der Waals surface area contributed by atoms with E-state index in [4.69, 9.17) is 4.74 Å². The van der Waals surface area contributed by atoms with Crippen molar-refractivity contribution in [2.45, 2.75) is 25.9 Å². The molecule has 2 fully saturated rings. The summed E-state index contributed by atoms with van der Waals surface area (Å²) in [5.41, 5.74) is 1.53. The molecule has 2 aliphatic rings. The maximum Gasteiger partial charge on any atom is 0.257 e. The monoisotopic (exact) mass is 362 g/mol. The fraction of sp³-hybridized carbons (Fsp3) is 0.650. The standard InChI is InChI=1S/C20H30N2O4/c1-14-4-3-5-18(19(14)26-2)20(25)22-11-15(16(12-22)13-23)10-21-8-6-17(24)7-9-21/h3-5,15-17,23-24H,6-13H2,1-2H3/t15-,16-/m0/s1. The molecule has 0 radical (unpaired) electrons. The molecular formula is C20H30N2O4. The number of para-hydroxylation sites is 1. The van der Waals surface area contributed by atoms with E-state index in [2.05, 4.69) is 4.90 Å². The highest BCUT2D eigenvalue weighted by Crippen LogP contribution is 2.30. The number of hydrogen-bond donors (Lipinski definition) is 2. The van der Waals surface area contributed by atoms with Crippen LogP contribution in [0.4, 0.5) is 0 Å². The van der Waals surface area contributed by atoms with Crippen LogP contribution in [0.2, 0.25) is 0 Å². The fourth-order valence-electron chi connectivity index (χ4n) is 4.21. The highest BCUT2D eigenvalue weighted by molar-refractivity contribution is 5.97. The first-order valence-corrected chi connectivity index (χ1v) is 9.47. The zero-order chi connectivity index (χ0) is 18.7. The lowest BCUT2D eigenvalue weighted by Gasteiger charge is -2.32. The third kappa shape index (κ3) is 4.03. The van der Waals surface area contributed by atoms with Gasteiger partial charge in [0.15, 0.2) is 0 Å². The van der Waals surface area contributed by atoms with Crippen LogP contribution in [0.1, 0.15) is 28.8 Å². The molecule has 1 aromatic rings. The largest absolute Gasteiger partial charge is 0.496 e. The summed E-state index contributed by atoms with van der Waals surface area (Å²) < 4.78 is 5.44. The predicted molar refractivity (Wildman–Crippen MR) is 99.4 cm³/mol. The summed E-state index contributed by atoms with van der Waals surface area (Å²) >= 11 is 0. The Morgan fingerprint density at radius 1 is 1.23 bits per heavy atom. The summed E-state index contributed by atoms with van der Waals surface area (Å²) in [7, 11) is 1.59. The molecular weight excluding hydrogens is 332 g/mol. The van der Waals surface area contributed by atoms with Crippen LogP contribution in [0, 0.1) is 18.8 Å². The van der Waals surface area contributed by atoms with Gasteiger partial charge in [-0.2, -0.15) is 0 Å². The van der Waals surface area contributed by atoms with Gasteiger partial charge in [-0.25, -0.2) is 0 Å². The minimum absolute atomic E-state index is 0.0273. The van der Waals surface area contributed by atoms with Gasteiger partial charge in [0.05, 0.1) is 18.8 Å². The molecule has 144 valence electrons. The van der Waals surface area contributed by atoms with E-state index in [1.165, 1.54) is 0 Å². The Kier molecular flexibility index (Phi) is 6.16. The lowest BCUT2D eigenvalue weighted by atomic mass is 9.95. The molecule has 0 spiro atoms. The van der Waals surface area contributed by atoms with Crippen molar-refractivity contribution in [2.24, 2.45) is 11.8 Å². The summed E-state index contributed by atoms with van der Waals surface area (Å²) in [5.74, 6) is 0.962. The molecule has 2 saturated heterocycles. The molecule has 2 N–H and O–H groups in total. The Bertz CT molecular complexity index is 628. The van der Waals surface area contributed by atoms with Crippen molar-refractivity contribution in [1.29, 1.82) is 0 Å². The van der Waals surface area contributed by atoms with Gasteiger partial charge >= 0.3 is 0 Å². The van der Waals surface area contributed by atoms with Crippen molar-refractivity contribution in [3.8, 4) is 5.75 Å². The number of aryl methyl sites for hydroxylation is 1. The van der Waals surface area contributed by atoms with Crippen LogP contribution in [0.3, 0.4) is 0 Å². The minimum atomic E-state index is -0.185. The number of carbonyl (C=O) groups excluding carboxylic acids is 1. The Balaban J connectivity index is 1.68. The van der Waals surface area contributed by atoms with E-state index >= 15 is 0 Å². The van der Waals surface area contributed by atoms with Gasteiger partial charge in [0.2, 0.25) is 0 Å². The molecule has 0 saturated carbocycles. The van der Waals surface area contributed by atoms with Gasteiger partial charge in [0, 0.05) is 45.2 Å². The van der Waals surface area contributed by atoms with Crippen LogP contribution in [-0.4, -0.2) is 78.5 Å². The zero-order valence-corrected chi connectivity index (χ0v) is 15.7. The SMILES string of the molecule is COc1c(C)cccc1C(=O)N1C[C@@H](CO)[C@@H](CN2CCC(O)CC2)C1. The van der Waals surface area contributed by atoms with E-state index < -0.39 is 0 Å². The second-order valence-electron chi connectivity index (χ2n) is 7.60. The average molecular weight is 362 g/mol. The lowest BCUT2D eigenvalue weighted by Crippen LogP contribution is -2.40. The number of aliphatic hydroxyl groups is 2. The molecule has 0 aromatic heterocycles. The average Bonchev–Trinajstić information content (AvgIpc) is 3.05. The first-order valence-electron chi connectivity index (χ1n) is 9.47. The van der Waals surface area contributed by atoms with Gasteiger partial charge in [-0.05, 0) is 37.3 Å². The molecule has 1 aromatic carbocycles. The Labute approximate surface area is 155 Å². The maximum absolute atomic E-state index is 13.0. The molecule has 1 amide bonds. The quantitative estimate of drug-likeness (QED) is 0.822. The molecule has 6 heteroatoms. The number of hydrogen-bond acceptors (Lipinski definition) is 5. The van der Waals surface area contributed by atoms with Crippen LogP contribution in [0.25, 0.3) is 0 Å². The van der Waals surface area contributed by atoms with E-state index in [1.807, 2.05) is 30.0 Å². The molecule has 0 unspecified atom stereocenters. The van der Waals surface area contributed by atoms with Crippen LogP contribution in [0.15, 0.2) is 18.2 Å². The number of benzene rings is 1. The summed E-state index contributed by atoms with van der Waals surface area (Å²) in [6.45, 7) is 5.89. The van der Waals surface area contributed by atoms with Gasteiger partial charge in [0.1, 0.15) is 5.75 Å². The molecule has 2 aliphatic heterocycles. The lowest BCUT2D eigenvalue weighted by molar-refractivity contribution is 0.0678. The third-order valence-corrected chi connectivity index (χ3v) is 5.79. The number of methoxy groups -OCH3 is 1. The second kappa shape index (κ2) is 8.37. The van der Waals surface area contributed by atoms with E-state index in [-0.39, 0.29) is 30.5 Å². The van der Waals surface area contributed by atoms with Crippen molar-refractivity contribution in [3.63, 3.8) is 0 Å². The number of carbonyl (C=O) groups is 1.